The molecular formula is C19H24N4O4. The first-order valence-corrected chi connectivity index (χ1v) is 8.89. The molecule has 144 valence electrons. The molecule has 8 heteroatoms. The predicted molar refractivity (Wildman–Crippen MR) is 98.7 cm³/mol. The molecule has 2 N–H and O–H groups in total. The van der Waals surface area contributed by atoms with Gasteiger partial charge in [0.2, 0.25) is 5.91 Å². The smallest absolute Gasteiger partial charge is 0.258 e. The molecule has 1 unspecified atom stereocenters. The molecule has 2 amide bonds. The maximum Gasteiger partial charge on any atom is 0.258 e. The van der Waals surface area contributed by atoms with Crippen LogP contribution in [0.4, 0.5) is 0 Å². The van der Waals surface area contributed by atoms with E-state index in [1.54, 1.807) is 29.1 Å². The first-order chi connectivity index (χ1) is 13.0. The van der Waals surface area contributed by atoms with Crippen molar-refractivity contribution in [3.63, 3.8) is 0 Å². The van der Waals surface area contributed by atoms with E-state index in [0.717, 1.165) is 12.1 Å². The minimum Gasteiger partial charge on any atom is -0.496 e. The zero-order valence-electron chi connectivity index (χ0n) is 15.8. The number of primary amides is 1. The van der Waals surface area contributed by atoms with Crippen LogP contribution < -0.4 is 15.2 Å². The highest BCUT2D eigenvalue weighted by molar-refractivity contribution is 6.00. The highest BCUT2D eigenvalue weighted by Crippen LogP contribution is 2.33. The average Bonchev–Trinajstić information content (AvgIpc) is 3.05. The Morgan fingerprint density at radius 2 is 2.15 bits per heavy atom. The first kappa shape index (κ1) is 18.8. The number of aryl methyl sites for hydroxylation is 1. The van der Waals surface area contributed by atoms with E-state index in [2.05, 4.69) is 5.10 Å². The van der Waals surface area contributed by atoms with E-state index < -0.39 is 11.9 Å². The molecule has 2 aromatic rings. The summed E-state index contributed by atoms with van der Waals surface area (Å²) in [6, 6.07) is 4.21. The minimum atomic E-state index is -0.851. The maximum atomic E-state index is 13.2. The van der Waals surface area contributed by atoms with Gasteiger partial charge < -0.3 is 20.1 Å². The van der Waals surface area contributed by atoms with Crippen molar-refractivity contribution in [2.24, 2.45) is 12.8 Å². The Balaban J connectivity index is 1.94. The van der Waals surface area contributed by atoms with E-state index in [0.29, 0.717) is 42.2 Å². The second-order valence-electron chi connectivity index (χ2n) is 6.43. The Kier molecular flexibility index (Phi) is 5.34. The van der Waals surface area contributed by atoms with Crippen molar-refractivity contribution in [1.29, 1.82) is 0 Å². The second-order valence-corrected chi connectivity index (χ2v) is 6.43. The number of nitrogens with zero attached hydrogens (tertiary/aromatic N) is 3. The van der Waals surface area contributed by atoms with Gasteiger partial charge >= 0.3 is 0 Å². The number of methoxy groups -OCH3 is 1. The molecule has 1 aliphatic rings. The largest absolute Gasteiger partial charge is 0.496 e. The summed E-state index contributed by atoms with van der Waals surface area (Å²) < 4.78 is 12.7. The Labute approximate surface area is 157 Å². The molecule has 1 aliphatic heterocycles. The van der Waals surface area contributed by atoms with Crippen LogP contribution in [0.25, 0.3) is 0 Å². The Morgan fingerprint density at radius 3 is 2.81 bits per heavy atom. The molecule has 27 heavy (non-hydrogen) atoms. The SMILES string of the molecule is CCCOc1ccc(C(=O)N2CCc3c(cnn3C)C2C(N)=O)c(OC)c1. The van der Waals surface area contributed by atoms with Gasteiger partial charge in [0.25, 0.3) is 5.91 Å². The quantitative estimate of drug-likeness (QED) is 0.827. The Hall–Kier alpha value is -3.03. The molecule has 8 nitrogen and oxygen atoms in total. The molecule has 2 heterocycles. The molecule has 0 bridgehead atoms. The van der Waals surface area contributed by atoms with Crippen LogP contribution in [0.15, 0.2) is 24.4 Å². The van der Waals surface area contributed by atoms with Gasteiger partial charge in [-0.15, -0.1) is 0 Å². The summed E-state index contributed by atoms with van der Waals surface area (Å²) in [5.74, 6) is 0.130. The van der Waals surface area contributed by atoms with Crippen LogP contribution in [-0.4, -0.2) is 46.8 Å². The molecule has 0 aliphatic carbocycles. The molecule has 0 spiro atoms. The molecule has 1 aromatic heterocycles. The summed E-state index contributed by atoms with van der Waals surface area (Å²) in [4.78, 5) is 26.8. The van der Waals surface area contributed by atoms with E-state index in [9.17, 15) is 9.59 Å². The summed E-state index contributed by atoms with van der Waals surface area (Å²) in [7, 11) is 3.31. The Morgan fingerprint density at radius 1 is 1.37 bits per heavy atom. The number of carbonyl (C=O) groups is 2. The van der Waals surface area contributed by atoms with Crippen molar-refractivity contribution in [3.05, 3.63) is 41.2 Å². The van der Waals surface area contributed by atoms with Gasteiger partial charge in [-0.05, 0) is 18.6 Å². The van der Waals surface area contributed by atoms with Crippen molar-refractivity contribution in [2.45, 2.75) is 25.8 Å². The van der Waals surface area contributed by atoms with Crippen LogP contribution in [0.1, 0.15) is 41.0 Å². The molecule has 0 saturated carbocycles. The normalized spacial score (nSPS) is 16.0. The number of aromatic nitrogens is 2. The van der Waals surface area contributed by atoms with Crippen LogP contribution in [0.5, 0.6) is 11.5 Å². The van der Waals surface area contributed by atoms with Crippen molar-refractivity contribution in [2.75, 3.05) is 20.3 Å². The van der Waals surface area contributed by atoms with E-state index in [1.807, 2.05) is 14.0 Å². The lowest BCUT2D eigenvalue weighted by atomic mass is 9.97. The highest BCUT2D eigenvalue weighted by Gasteiger charge is 2.37. The summed E-state index contributed by atoms with van der Waals surface area (Å²) in [5.41, 5.74) is 7.57. The van der Waals surface area contributed by atoms with Crippen LogP contribution in [0.2, 0.25) is 0 Å². The molecule has 0 radical (unpaired) electrons. The number of ether oxygens (including phenoxy) is 2. The third kappa shape index (κ3) is 3.47. The van der Waals surface area contributed by atoms with Crippen molar-refractivity contribution < 1.29 is 19.1 Å². The number of amides is 2. The fourth-order valence-corrected chi connectivity index (χ4v) is 3.38. The van der Waals surface area contributed by atoms with E-state index >= 15 is 0 Å². The molecular weight excluding hydrogens is 348 g/mol. The third-order valence-electron chi connectivity index (χ3n) is 4.70. The summed E-state index contributed by atoms with van der Waals surface area (Å²) in [6.07, 6.45) is 3.08. The van der Waals surface area contributed by atoms with Crippen molar-refractivity contribution in [3.8, 4) is 11.5 Å². The van der Waals surface area contributed by atoms with Crippen molar-refractivity contribution >= 4 is 11.8 Å². The molecule has 0 saturated heterocycles. The fraction of sp³-hybridized carbons (Fsp3) is 0.421. The standard InChI is InChI=1S/C19H24N4O4/c1-4-9-27-12-5-6-13(16(10-12)26-3)19(25)23-8-7-15-14(11-21-22(15)2)17(23)18(20)24/h5-6,10-11,17H,4,7-9H2,1-3H3,(H2,20,24). The highest BCUT2D eigenvalue weighted by atomic mass is 16.5. The molecule has 1 aromatic carbocycles. The van der Waals surface area contributed by atoms with Gasteiger partial charge in [0.1, 0.15) is 17.5 Å². The minimum absolute atomic E-state index is 0.313. The second kappa shape index (κ2) is 7.69. The predicted octanol–water partition coefficient (Wildman–Crippen LogP) is 1.44. The molecule has 3 rings (SSSR count). The molecule has 0 fully saturated rings. The van der Waals surface area contributed by atoms with Gasteiger partial charge in [0.15, 0.2) is 0 Å². The lowest BCUT2D eigenvalue weighted by Gasteiger charge is -2.34. The number of fused-ring (bicyclic) bond motifs is 1. The fourth-order valence-electron chi connectivity index (χ4n) is 3.38. The number of benzene rings is 1. The Bertz CT molecular complexity index is 861. The topological polar surface area (TPSA) is 99.7 Å². The van der Waals surface area contributed by atoms with Crippen LogP contribution in [0.3, 0.4) is 0 Å². The average molecular weight is 372 g/mol. The van der Waals surface area contributed by atoms with Gasteiger partial charge in [-0.3, -0.25) is 14.3 Å². The zero-order chi connectivity index (χ0) is 19.6. The summed E-state index contributed by atoms with van der Waals surface area (Å²) in [5, 5.41) is 4.20. The lowest BCUT2D eigenvalue weighted by Crippen LogP contribution is -2.45. The number of hydrogen-bond acceptors (Lipinski definition) is 5. The van der Waals surface area contributed by atoms with E-state index in [-0.39, 0.29) is 5.91 Å². The maximum absolute atomic E-state index is 13.2. The van der Waals surface area contributed by atoms with Crippen LogP contribution >= 0.6 is 0 Å². The van der Waals surface area contributed by atoms with Gasteiger partial charge in [-0.2, -0.15) is 5.10 Å². The van der Waals surface area contributed by atoms with E-state index in [1.165, 1.54) is 12.0 Å². The van der Waals surface area contributed by atoms with Crippen molar-refractivity contribution in [1.82, 2.24) is 14.7 Å². The number of carbonyl (C=O) groups excluding carboxylic acids is 2. The van der Waals surface area contributed by atoms with Gasteiger partial charge in [-0.1, -0.05) is 6.92 Å². The number of rotatable bonds is 6. The van der Waals surface area contributed by atoms with Crippen LogP contribution in [-0.2, 0) is 18.3 Å². The first-order valence-electron chi connectivity index (χ1n) is 8.89. The lowest BCUT2D eigenvalue weighted by molar-refractivity contribution is -0.123. The summed E-state index contributed by atoms with van der Waals surface area (Å²) in [6.45, 7) is 2.97. The number of nitrogens with two attached hydrogens (primary N) is 1. The van der Waals surface area contributed by atoms with Gasteiger partial charge in [0.05, 0.1) is 25.5 Å². The van der Waals surface area contributed by atoms with Gasteiger partial charge in [0, 0.05) is 37.3 Å². The molecule has 1 atom stereocenters. The van der Waals surface area contributed by atoms with E-state index in [4.69, 9.17) is 15.2 Å². The van der Waals surface area contributed by atoms with Gasteiger partial charge in [-0.25, -0.2) is 0 Å². The zero-order valence-corrected chi connectivity index (χ0v) is 15.8. The summed E-state index contributed by atoms with van der Waals surface area (Å²) >= 11 is 0. The monoisotopic (exact) mass is 372 g/mol. The van der Waals surface area contributed by atoms with Crippen LogP contribution in [0, 0.1) is 0 Å². The third-order valence-corrected chi connectivity index (χ3v) is 4.70. The number of hydrogen-bond donors (Lipinski definition) is 1.